The highest BCUT2D eigenvalue weighted by Crippen LogP contribution is 2.42. The molecule has 5 rings (SSSR count). The largest absolute Gasteiger partial charge is 0.300 e. The van der Waals surface area contributed by atoms with Crippen LogP contribution in [0, 0.1) is 0 Å². The first-order valence-electron chi connectivity index (χ1n) is 10.3. The third-order valence-corrected chi connectivity index (χ3v) is 6.98. The maximum Gasteiger partial charge on any atom is 0.0170 e. The van der Waals surface area contributed by atoms with Crippen LogP contribution in [0.5, 0.6) is 0 Å². The van der Waals surface area contributed by atoms with E-state index < -0.39 is 0 Å². The second kappa shape index (κ2) is 6.61. The summed E-state index contributed by atoms with van der Waals surface area (Å²) in [6, 6.07) is 19.4. The molecule has 0 radical (unpaired) electrons. The van der Waals surface area contributed by atoms with E-state index in [4.69, 9.17) is 0 Å². The van der Waals surface area contributed by atoms with Crippen molar-refractivity contribution in [3.05, 3.63) is 70.8 Å². The standard InChI is InChI=1S/C24H29N/c1-2-6-18(7-3-1)16-23-22-17-21(19-8-4-9-19)11-10-20(22)12-13-24(23)25-14-5-15-25/h1-3,6-7,10-11,17,19,23-24H,4-5,8-9,12-16H2. The highest BCUT2D eigenvalue weighted by Gasteiger charge is 2.36. The van der Waals surface area contributed by atoms with E-state index in [9.17, 15) is 0 Å². The minimum Gasteiger partial charge on any atom is -0.300 e. The molecule has 2 atom stereocenters. The smallest absolute Gasteiger partial charge is 0.0170 e. The maximum absolute atomic E-state index is 2.76. The van der Waals surface area contributed by atoms with Gasteiger partial charge in [0.05, 0.1) is 0 Å². The zero-order chi connectivity index (χ0) is 16.6. The highest BCUT2D eigenvalue weighted by molar-refractivity contribution is 5.41. The van der Waals surface area contributed by atoms with E-state index >= 15 is 0 Å². The van der Waals surface area contributed by atoms with Crippen LogP contribution in [0.3, 0.4) is 0 Å². The molecule has 2 unspecified atom stereocenters. The van der Waals surface area contributed by atoms with Crippen LogP contribution in [0.1, 0.15) is 66.2 Å². The van der Waals surface area contributed by atoms with E-state index in [-0.39, 0.29) is 0 Å². The van der Waals surface area contributed by atoms with E-state index in [1.165, 1.54) is 63.6 Å². The molecule has 0 amide bonds. The number of hydrogen-bond donors (Lipinski definition) is 0. The van der Waals surface area contributed by atoms with Crippen LogP contribution in [0.25, 0.3) is 0 Å². The monoisotopic (exact) mass is 331 g/mol. The Morgan fingerprint density at radius 2 is 1.72 bits per heavy atom. The third kappa shape index (κ3) is 2.93. The summed E-state index contributed by atoms with van der Waals surface area (Å²) >= 11 is 0. The molecule has 2 aromatic carbocycles. The Morgan fingerprint density at radius 3 is 2.40 bits per heavy atom. The Bertz CT molecular complexity index is 727. The zero-order valence-corrected chi connectivity index (χ0v) is 15.2. The van der Waals surface area contributed by atoms with Gasteiger partial charge in [-0.05, 0) is 79.8 Å². The number of benzene rings is 2. The van der Waals surface area contributed by atoms with Crippen LogP contribution >= 0.6 is 0 Å². The van der Waals surface area contributed by atoms with E-state index in [2.05, 4.69) is 53.4 Å². The lowest BCUT2D eigenvalue weighted by atomic mass is 9.72. The number of fused-ring (bicyclic) bond motifs is 1. The van der Waals surface area contributed by atoms with Crippen LogP contribution in [0.2, 0.25) is 0 Å². The predicted molar refractivity (Wildman–Crippen MR) is 104 cm³/mol. The molecule has 2 aliphatic carbocycles. The molecule has 2 aromatic rings. The van der Waals surface area contributed by atoms with Gasteiger partial charge in [0.2, 0.25) is 0 Å². The second-order valence-corrected chi connectivity index (χ2v) is 8.38. The number of nitrogens with zero attached hydrogens (tertiary/aromatic N) is 1. The summed E-state index contributed by atoms with van der Waals surface area (Å²) in [5, 5.41) is 0. The van der Waals surface area contributed by atoms with Crippen molar-refractivity contribution in [1.29, 1.82) is 0 Å². The fourth-order valence-corrected chi connectivity index (χ4v) is 5.12. The van der Waals surface area contributed by atoms with Crippen molar-refractivity contribution in [2.45, 2.75) is 62.8 Å². The molecule has 1 nitrogen and oxygen atoms in total. The SMILES string of the molecule is c1ccc(CC2c3cc(C4CCC4)ccc3CCC2N2CCC2)cc1. The molecule has 0 aromatic heterocycles. The van der Waals surface area contributed by atoms with Gasteiger partial charge in [-0.2, -0.15) is 0 Å². The Balaban J connectivity index is 1.50. The van der Waals surface area contributed by atoms with Crippen molar-refractivity contribution in [3.8, 4) is 0 Å². The normalized spacial score (nSPS) is 26.6. The molecule has 130 valence electrons. The molecule has 25 heavy (non-hydrogen) atoms. The van der Waals surface area contributed by atoms with Gasteiger partial charge in [-0.15, -0.1) is 0 Å². The van der Waals surface area contributed by atoms with Crippen LogP contribution in [-0.4, -0.2) is 24.0 Å². The molecule has 1 saturated carbocycles. The molecule has 1 aliphatic heterocycles. The Hall–Kier alpha value is -1.60. The van der Waals surface area contributed by atoms with E-state index in [0.717, 1.165) is 12.0 Å². The maximum atomic E-state index is 2.76. The molecule has 1 heterocycles. The molecule has 1 saturated heterocycles. The van der Waals surface area contributed by atoms with E-state index in [1.54, 1.807) is 16.7 Å². The van der Waals surface area contributed by atoms with Crippen LogP contribution in [0.4, 0.5) is 0 Å². The van der Waals surface area contributed by atoms with Crippen molar-refractivity contribution in [1.82, 2.24) is 4.90 Å². The fraction of sp³-hybridized carbons (Fsp3) is 0.500. The van der Waals surface area contributed by atoms with Gasteiger partial charge in [-0.3, -0.25) is 4.90 Å². The molecule has 0 spiro atoms. The van der Waals surface area contributed by atoms with Crippen molar-refractivity contribution in [2.75, 3.05) is 13.1 Å². The van der Waals surface area contributed by atoms with Crippen LogP contribution in [-0.2, 0) is 12.8 Å². The van der Waals surface area contributed by atoms with Gasteiger partial charge < -0.3 is 0 Å². The van der Waals surface area contributed by atoms with Crippen LogP contribution < -0.4 is 0 Å². The number of likely N-dealkylation sites (tertiary alicyclic amines) is 1. The molecule has 0 N–H and O–H groups in total. The predicted octanol–water partition coefficient (Wildman–Crippen LogP) is 5.30. The average Bonchev–Trinajstić information content (AvgIpc) is 2.55. The summed E-state index contributed by atoms with van der Waals surface area (Å²) in [6.07, 6.45) is 9.42. The summed E-state index contributed by atoms with van der Waals surface area (Å²) in [6.45, 7) is 2.63. The van der Waals surface area contributed by atoms with Gasteiger partial charge in [0, 0.05) is 12.0 Å². The van der Waals surface area contributed by atoms with Crippen molar-refractivity contribution in [3.63, 3.8) is 0 Å². The summed E-state index contributed by atoms with van der Waals surface area (Å²) in [7, 11) is 0. The summed E-state index contributed by atoms with van der Waals surface area (Å²) in [5.41, 5.74) is 6.42. The summed E-state index contributed by atoms with van der Waals surface area (Å²) in [4.78, 5) is 2.76. The van der Waals surface area contributed by atoms with E-state index in [1.807, 2.05) is 0 Å². The molecular formula is C24H29N. The summed E-state index contributed by atoms with van der Waals surface area (Å²) < 4.78 is 0. The van der Waals surface area contributed by atoms with Crippen molar-refractivity contribution >= 4 is 0 Å². The third-order valence-electron chi connectivity index (χ3n) is 6.98. The molecule has 3 aliphatic rings. The minimum absolute atomic E-state index is 0.673. The van der Waals surface area contributed by atoms with Crippen LogP contribution in [0.15, 0.2) is 48.5 Å². The van der Waals surface area contributed by atoms with Crippen molar-refractivity contribution < 1.29 is 0 Å². The minimum atomic E-state index is 0.673. The fourth-order valence-electron chi connectivity index (χ4n) is 5.12. The number of rotatable bonds is 4. The highest BCUT2D eigenvalue weighted by atomic mass is 15.2. The first-order chi connectivity index (χ1) is 12.4. The first kappa shape index (κ1) is 15.6. The van der Waals surface area contributed by atoms with Gasteiger partial charge in [-0.1, -0.05) is 55.0 Å². The van der Waals surface area contributed by atoms with Gasteiger partial charge in [-0.25, -0.2) is 0 Å². The Kier molecular flexibility index (Phi) is 4.13. The second-order valence-electron chi connectivity index (χ2n) is 8.38. The van der Waals surface area contributed by atoms with Gasteiger partial charge in [0.25, 0.3) is 0 Å². The quantitative estimate of drug-likeness (QED) is 0.735. The molecule has 0 bridgehead atoms. The molecular weight excluding hydrogens is 302 g/mol. The van der Waals surface area contributed by atoms with Gasteiger partial charge in [0.15, 0.2) is 0 Å². The lowest BCUT2D eigenvalue weighted by Crippen LogP contribution is -2.49. The number of aryl methyl sites for hydroxylation is 1. The molecule has 2 fully saturated rings. The zero-order valence-electron chi connectivity index (χ0n) is 15.2. The summed E-state index contributed by atoms with van der Waals surface area (Å²) in [5.74, 6) is 1.51. The topological polar surface area (TPSA) is 3.24 Å². The van der Waals surface area contributed by atoms with E-state index in [0.29, 0.717) is 5.92 Å². The first-order valence-corrected chi connectivity index (χ1v) is 10.3. The Morgan fingerprint density at radius 1 is 0.880 bits per heavy atom. The molecule has 1 heteroatoms. The number of hydrogen-bond acceptors (Lipinski definition) is 1. The lowest BCUT2D eigenvalue weighted by Gasteiger charge is -2.46. The average molecular weight is 332 g/mol. The van der Waals surface area contributed by atoms with Crippen molar-refractivity contribution in [2.24, 2.45) is 0 Å². The Labute approximate surface area is 152 Å². The van der Waals surface area contributed by atoms with Gasteiger partial charge in [0.1, 0.15) is 0 Å². The van der Waals surface area contributed by atoms with Gasteiger partial charge >= 0.3 is 0 Å². The lowest BCUT2D eigenvalue weighted by molar-refractivity contribution is 0.0876.